The van der Waals surface area contributed by atoms with Gasteiger partial charge in [-0.15, -0.1) is 11.3 Å². The smallest absolute Gasteiger partial charge is 0.0788 e. The summed E-state index contributed by atoms with van der Waals surface area (Å²) in [6.07, 6.45) is 7.27. The lowest BCUT2D eigenvalue weighted by Gasteiger charge is -2.13. The van der Waals surface area contributed by atoms with Crippen molar-refractivity contribution < 1.29 is 0 Å². The van der Waals surface area contributed by atoms with E-state index in [1.165, 1.54) is 36.3 Å². The summed E-state index contributed by atoms with van der Waals surface area (Å²) in [5.74, 6) is 0. The van der Waals surface area contributed by atoms with Crippen molar-refractivity contribution in [1.82, 2.24) is 19.9 Å². The number of nitrogens with zero attached hydrogens (tertiary/aromatic N) is 4. The maximum absolute atomic E-state index is 5.23. The van der Waals surface area contributed by atoms with Gasteiger partial charge in [0.1, 0.15) is 0 Å². The summed E-state index contributed by atoms with van der Waals surface area (Å²) in [7, 11) is 0. The molecule has 0 spiro atoms. The molecule has 0 radical (unpaired) electrons. The van der Waals surface area contributed by atoms with Gasteiger partial charge in [-0.05, 0) is 59.7 Å². The molecular weight excluding hydrogens is 569 g/mol. The van der Waals surface area contributed by atoms with Gasteiger partial charge in [0.25, 0.3) is 0 Å². The van der Waals surface area contributed by atoms with E-state index < -0.39 is 0 Å². The number of hydrogen-bond acceptors (Lipinski definition) is 5. The first-order valence-electron chi connectivity index (χ1n) is 14.9. The van der Waals surface area contributed by atoms with Crippen LogP contribution in [-0.4, -0.2) is 19.9 Å². The van der Waals surface area contributed by atoms with E-state index in [0.717, 1.165) is 50.4 Å². The molecule has 4 nitrogen and oxygen atoms in total. The Morgan fingerprint density at radius 2 is 1.09 bits per heavy atom. The number of hydrogen-bond donors (Lipinski definition) is 0. The number of pyridine rings is 4. The van der Waals surface area contributed by atoms with Gasteiger partial charge in [0, 0.05) is 77.8 Å². The second-order valence-corrected chi connectivity index (χ2v) is 12.2. The molecule has 0 atom stereocenters. The fourth-order valence-electron chi connectivity index (χ4n) is 6.28. The van der Waals surface area contributed by atoms with Crippen molar-refractivity contribution in [2.75, 3.05) is 0 Å². The quantitative estimate of drug-likeness (QED) is 0.191. The normalized spacial score (nSPS) is 11.6. The maximum atomic E-state index is 5.23. The Labute approximate surface area is 263 Å². The minimum absolute atomic E-state index is 0.873. The molecule has 4 aromatic carbocycles. The van der Waals surface area contributed by atoms with Crippen LogP contribution in [0.2, 0.25) is 0 Å². The highest BCUT2D eigenvalue weighted by Crippen LogP contribution is 2.43. The van der Waals surface area contributed by atoms with Gasteiger partial charge in [-0.25, -0.2) is 9.97 Å². The van der Waals surface area contributed by atoms with Gasteiger partial charge in [-0.1, -0.05) is 72.8 Å². The Bertz CT molecular complexity index is 2460. The Hall–Kier alpha value is -5.78. The third-order valence-electron chi connectivity index (χ3n) is 8.44. The van der Waals surface area contributed by atoms with Crippen LogP contribution < -0.4 is 0 Å². The van der Waals surface area contributed by atoms with E-state index in [1.54, 1.807) is 12.4 Å². The molecule has 0 amide bonds. The summed E-state index contributed by atoms with van der Waals surface area (Å²) >= 11 is 1.87. The molecule has 0 N–H and O–H groups in total. The summed E-state index contributed by atoms with van der Waals surface area (Å²) in [6.45, 7) is 0. The van der Waals surface area contributed by atoms with Crippen LogP contribution in [0.1, 0.15) is 0 Å². The first kappa shape index (κ1) is 25.7. The molecule has 0 unspecified atom stereocenters. The molecule has 0 saturated carbocycles. The van der Waals surface area contributed by atoms with Crippen LogP contribution in [0.4, 0.5) is 0 Å². The highest BCUT2D eigenvalue weighted by Gasteiger charge is 2.16. The van der Waals surface area contributed by atoms with Crippen LogP contribution in [0.3, 0.4) is 0 Å². The van der Waals surface area contributed by atoms with Gasteiger partial charge in [0.15, 0.2) is 0 Å². The summed E-state index contributed by atoms with van der Waals surface area (Å²) in [5, 5.41) is 6.23. The molecule has 0 aliphatic carbocycles. The molecule has 0 bridgehead atoms. The lowest BCUT2D eigenvalue weighted by atomic mass is 9.96. The van der Waals surface area contributed by atoms with Crippen LogP contribution in [0.15, 0.2) is 146 Å². The number of rotatable bonds is 4. The third-order valence-corrected chi connectivity index (χ3v) is 9.64. The van der Waals surface area contributed by atoms with E-state index in [1.807, 2.05) is 48.0 Å². The lowest BCUT2D eigenvalue weighted by molar-refractivity contribution is 1.26. The SMILES string of the molecule is c1cncc(-c2cc(-c3ccc(-c4nc5ccccc5c5c4ccc4c6ccccc6sc45)cc3)cc(-c3cccnc3)n2)c1. The molecule has 0 saturated heterocycles. The van der Waals surface area contributed by atoms with Crippen LogP contribution in [0.5, 0.6) is 0 Å². The molecule has 5 heterocycles. The van der Waals surface area contributed by atoms with Gasteiger partial charge in [-0.3, -0.25) is 9.97 Å². The molecule has 0 fully saturated rings. The number of para-hydroxylation sites is 1. The first-order valence-corrected chi connectivity index (χ1v) is 15.7. The monoisotopic (exact) mass is 592 g/mol. The van der Waals surface area contributed by atoms with Crippen molar-refractivity contribution in [3.63, 3.8) is 0 Å². The second kappa shape index (κ2) is 10.4. The van der Waals surface area contributed by atoms with Crippen molar-refractivity contribution in [3.05, 3.63) is 146 Å². The first-order chi connectivity index (χ1) is 22.3. The second-order valence-electron chi connectivity index (χ2n) is 11.1. The summed E-state index contributed by atoms with van der Waals surface area (Å²) in [6, 6.07) is 42.7. The van der Waals surface area contributed by atoms with Gasteiger partial charge >= 0.3 is 0 Å². The van der Waals surface area contributed by atoms with Crippen LogP contribution >= 0.6 is 11.3 Å². The molecule has 45 heavy (non-hydrogen) atoms. The average molecular weight is 593 g/mol. The predicted molar refractivity (Wildman–Crippen MR) is 187 cm³/mol. The van der Waals surface area contributed by atoms with Gasteiger partial charge in [-0.2, -0.15) is 0 Å². The van der Waals surface area contributed by atoms with Crippen LogP contribution in [0.25, 0.3) is 86.7 Å². The van der Waals surface area contributed by atoms with E-state index in [-0.39, 0.29) is 0 Å². The van der Waals surface area contributed by atoms with Crippen molar-refractivity contribution in [3.8, 4) is 44.9 Å². The molecule has 5 heteroatoms. The zero-order valence-electron chi connectivity index (χ0n) is 24.1. The number of aromatic nitrogens is 4. The molecule has 210 valence electrons. The van der Waals surface area contributed by atoms with Crippen molar-refractivity contribution >= 4 is 53.2 Å². The van der Waals surface area contributed by atoms with Crippen molar-refractivity contribution in [2.45, 2.75) is 0 Å². The zero-order valence-corrected chi connectivity index (χ0v) is 24.9. The highest BCUT2D eigenvalue weighted by atomic mass is 32.1. The number of thiophene rings is 1. The predicted octanol–water partition coefficient (Wildman–Crippen LogP) is 10.6. The molecule has 9 rings (SSSR count). The fraction of sp³-hybridized carbons (Fsp3) is 0. The Morgan fingerprint density at radius 3 is 1.80 bits per heavy atom. The summed E-state index contributed by atoms with van der Waals surface area (Å²) in [4.78, 5) is 18.9. The number of fused-ring (bicyclic) bond motifs is 7. The standard InChI is InChI=1S/C40H24N4S/c1-3-11-34-32(10-1)38-33(18-17-31-30-9-2-4-12-37(30)45-40(31)38)39(44-34)26-15-13-25(14-16-26)29-21-35(27-7-5-19-41-23-27)43-36(22-29)28-8-6-20-42-24-28/h1-24H. The van der Waals surface area contributed by atoms with E-state index >= 15 is 0 Å². The average Bonchev–Trinajstić information content (AvgIpc) is 3.51. The Kier molecular flexibility index (Phi) is 5.96. The summed E-state index contributed by atoms with van der Waals surface area (Å²) < 4.78 is 2.62. The minimum atomic E-state index is 0.873. The topological polar surface area (TPSA) is 51.6 Å². The van der Waals surface area contributed by atoms with Crippen molar-refractivity contribution in [1.29, 1.82) is 0 Å². The minimum Gasteiger partial charge on any atom is -0.264 e. The largest absolute Gasteiger partial charge is 0.264 e. The molecule has 0 aliphatic rings. The Morgan fingerprint density at radius 1 is 0.444 bits per heavy atom. The highest BCUT2D eigenvalue weighted by molar-refractivity contribution is 7.26. The van der Waals surface area contributed by atoms with Crippen LogP contribution in [0, 0.1) is 0 Å². The summed E-state index contributed by atoms with van der Waals surface area (Å²) in [5.41, 5.74) is 8.97. The van der Waals surface area contributed by atoms with E-state index in [2.05, 4.69) is 107 Å². The maximum Gasteiger partial charge on any atom is 0.0788 e. The lowest BCUT2D eigenvalue weighted by Crippen LogP contribution is -1.92. The third kappa shape index (κ3) is 4.36. The number of benzene rings is 4. The molecular formula is C40H24N4S. The fourth-order valence-corrected chi connectivity index (χ4v) is 7.54. The van der Waals surface area contributed by atoms with E-state index in [4.69, 9.17) is 9.97 Å². The van der Waals surface area contributed by atoms with E-state index in [9.17, 15) is 0 Å². The van der Waals surface area contributed by atoms with Gasteiger partial charge < -0.3 is 0 Å². The molecule has 0 aliphatic heterocycles. The van der Waals surface area contributed by atoms with Gasteiger partial charge in [0.05, 0.1) is 22.6 Å². The van der Waals surface area contributed by atoms with Crippen molar-refractivity contribution in [2.24, 2.45) is 0 Å². The zero-order chi connectivity index (χ0) is 29.7. The Balaban J connectivity index is 1.21. The van der Waals surface area contributed by atoms with Crippen LogP contribution in [-0.2, 0) is 0 Å². The molecule has 9 aromatic rings. The van der Waals surface area contributed by atoms with Gasteiger partial charge in [0.2, 0.25) is 0 Å². The molecule has 5 aromatic heterocycles. The van der Waals surface area contributed by atoms with E-state index in [0.29, 0.717) is 0 Å².